The molecule has 0 spiro atoms. The summed E-state index contributed by atoms with van der Waals surface area (Å²) in [5.41, 5.74) is 2.65. The molecule has 1 nitrogen and oxygen atoms in total. The summed E-state index contributed by atoms with van der Waals surface area (Å²) < 4.78 is 5.72. The molecule has 1 heterocycles. The molecule has 0 aromatic heterocycles. The molecule has 1 aromatic carbocycles. The quantitative estimate of drug-likeness (QED) is 0.690. The minimum atomic E-state index is 0.161. The lowest BCUT2D eigenvalue weighted by Gasteiger charge is -2.25. The van der Waals surface area contributed by atoms with Gasteiger partial charge in [-0.25, -0.2) is 0 Å². The standard InChI is InChI=1S/C16H22Cl2O/c1-16(2,3)14(18)6-4-5-11-9-13(17)10-12-7-8-19-15(11)12/h9-10,14H,4-8H2,1-3H3. The van der Waals surface area contributed by atoms with Gasteiger partial charge in [-0.2, -0.15) is 0 Å². The summed E-state index contributed by atoms with van der Waals surface area (Å²) in [4.78, 5) is 0. The average molecular weight is 301 g/mol. The fourth-order valence-corrected chi connectivity index (χ4v) is 2.85. The average Bonchev–Trinajstić information content (AvgIpc) is 2.75. The van der Waals surface area contributed by atoms with E-state index >= 15 is 0 Å². The van der Waals surface area contributed by atoms with E-state index in [4.69, 9.17) is 27.9 Å². The fourth-order valence-electron chi connectivity index (χ4n) is 2.44. The number of rotatable bonds is 4. The molecule has 1 aromatic rings. The van der Waals surface area contributed by atoms with Gasteiger partial charge in [0.15, 0.2) is 0 Å². The van der Waals surface area contributed by atoms with Crippen molar-refractivity contribution in [1.29, 1.82) is 0 Å². The van der Waals surface area contributed by atoms with Gasteiger partial charge in [-0.15, -0.1) is 11.6 Å². The van der Waals surface area contributed by atoms with Crippen molar-refractivity contribution < 1.29 is 4.74 Å². The molecule has 0 saturated carbocycles. The fraction of sp³-hybridized carbons (Fsp3) is 0.625. The first-order valence-corrected chi connectivity index (χ1v) is 7.77. The van der Waals surface area contributed by atoms with E-state index in [2.05, 4.69) is 20.8 Å². The van der Waals surface area contributed by atoms with Crippen molar-refractivity contribution in [3.05, 3.63) is 28.3 Å². The largest absolute Gasteiger partial charge is 0.493 e. The van der Waals surface area contributed by atoms with E-state index in [0.717, 1.165) is 43.1 Å². The maximum Gasteiger partial charge on any atom is 0.125 e. The second kappa shape index (κ2) is 5.93. The summed E-state index contributed by atoms with van der Waals surface area (Å²) in [6.07, 6.45) is 4.05. The number of alkyl halides is 1. The smallest absolute Gasteiger partial charge is 0.125 e. The summed E-state index contributed by atoms with van der Waals surface area (Å²) >= 11 is 12.6. The van der Waals surface area contributed by atoms with Gasteiger partial charge in [0, 0.05) is 16.8 Å². The molecule has 0 amide bonds. The Hall–Kier alpha value is -0.400. The highest BCUT2D eigenvalue weighted by Gasteiger charge is 2.22. The van der Waals surface area contributed by atoms with Crippen LogP contribution in [0.5, 0.6) is 5.75 Å². The van der Waals surface area contributed by atoms with Crippen molar-refractivity contribution in [3.8, 4) is 5.75 Å². The summed E-state index contributed by atoms with van der Waals surface area (Å²) in [6.45, 7) is 7.34. The van der Waals surface area contributed by atoms with Crippen molar-refractivity contribution in [2.75, 3.05) is 6.61 Å². The molecule has 1 unspecified atom stereocenters. The number of hydrogen-bond acceptors (Lipinski definition) is 1. The van der Waals surface area contributed by atoms with Gasteiger partial charge in [0.05, 0.1) is 6.61 Å². The molecule has 1 atom stereocenters. The lowest BCUT2D eigenvalue weighted by Crippen LogP contribution is -2.20. The molecule has 106 valence electrons. The van der Waals surface area contributed by atoms with Crippen LogP contribution in [0.25, 0.3) is 0 Å². The summed E-state index contributed by atoms with van der Waals surface area (Å²) in [6, 6.07) is 4.05. The Morgan fingerprint density at radius 1 is 1.32 bits per heavy atom. The molecule has 3 heteroatoms. The van der Waals surface area contributed by atoms with Gasteiger partial charge in [0.25, 0.3) is 0 Å². The first kappa shape index (κ1) is 15.0. The number of ether oxygens (including phenoxy) is 1. The third-order valence-corrected chi connectivity index (χ3v) is 4.76. The van der Waals surface area contributed by atoms with E-state index in [0.29, 0.717) is 0 Å². The Bertz CT molecular complexity index is 449. The molecular formula is C16H22Cl2O. The van der Waals surface area contributed by atoms with Crippen molar-refractivity contribution in [2.24, 2.45) is 5.41 Å². The molecule has 1 aliphatic heterocycles. The lowest BCUT2D eigenvalue weighted by atomic mass is 9.88. The van der Waals surface area contributed by atoms with Crippen LogP contribution in [0.4, 0.5) is 0 Å². The van der Waals surface area contributed by atoms with Crippen LogP contribution < -0.4 is 4.74 Å². The number of hydrogen-bond donors (Lipinski definition) is 0. The Morgan fingerprint density at radius 2 is 2.05 bits per heavy atom. The van der Waals surface area contributed by atoms with Crippen molar-refractivity contribution in [2.45, 2.75) is 51.8 Å². The number of fused-ring (bicyclic) bond motifs is 1. The molecule has 19 heavy (non-hydrogen) atoms. The third kappa shape index (κ3) is 3.79. The molecule has 0 bridgehead atoms. The van der Waals surface area contributed by atoms with Crippen LogP contribution in [0.15, 0.2) is 12.1 Å². The third-order valence-electron chi connectivity index (χ3n) is 3.67. The first-order chi connectivity index (χ1) is 8.88. The molecule has 1 aliphatic rings. The van der Waals surface area contributed by atoms with Crippen LogP contribution >= 0.6 is 23.2 Å². The van der Waals surface area contributed by atoms with E-state index in [1.54, 1.807) is 0 Å². The molecule has 2 rings (SSSR count). The zero-order valence-electron chi connectivity index (χ0n) is 11.9. The summed E-state index contributed by atoms with van der Waals surface area (Å²) in [5, 5.41) is 1.03. The van der Waals surface area contributed by atoms with E-state index in [1.807, 2.05) is 12.1 Å². The van der Waals surface area contributed by atoms with E-state index in [1.165, 1.54) is 11.1 Å². The highest BCUT2D eigenvalue weighted by molar-refractivity contribution is 6.30. The summed E-state index contributed by atoms with van der Waals surface area (Å²) in [7, 11) is 0. The van der Waals surface area contributed by atoms with Crippen molar-refractivity contribution >= 4 is 23.2 Å². The van der Waals surface area contributed by atoms with E-state index in [-0.39, 0.29) is 10.8 Å². The second-order valence-electron chi connectivity index (χ2n) is 6.38. The molecule has 0 fully saturated rings. The van der Waals surface area contributed by atoms with Crippen LogP contribution in [0.2, 0.25) is 5.02 Å². The predicted octanol–water partition coefficient (Wildman–Crippen LogP) is 5.25. The maximum absolute atomic E-state index is 6.41. The zero-order valence-corrected chi connectivity index (χ0v) is 13.4. The maximum atomic E-state index is 6.41. The second-order valence-corrected chi connectivity index (χ2v) is 7.34. The zero-order chi connectivity index (χ0) is 14.0. The van der Waals surface area contributed by atoms with Gasteiger partial charge in [-0.3, -0.25) is 0 Å². The van der Waals surface area contributed by atoms with E-state index in [9.17, 15) is 0 Å². The Kier molecular flexibility index (Phi) is 4.68. The predicted molar refractivity (Wildman–Crippen MR) is 82.7 cm³/mol. The van der Waals surface area contributed by atoms with Crippen LogP contribution in [-0.2, 0) is 12.8 Å². The minimum absolute atomic E-state index is 0.161. The highest BCUT2D eigenvalue weighted by atomic mass is 35.5. The number of benzene rings is 1. The SMILES string of the molecule is CC(C)(C)C(Cl)CCCc1cc(Cl)cc2c1OCC2. The number of halogens is 2. The van der Waals surface area contributed by atoms with Gasteiger partial charge in [0.1, 0.15) is 5.75 Å². The number of aryl methyl sites for hydroxylation is 1. The van der Waals surface area contributed by atoms with Crippen molar-refractivity contribution in [1.82, 2.24) is 0 Å². The van der Waals surface area contributed by atoms with Crippen LogP contribution in [0.1, 0.15) is 44.7 Å². The van der Waals surface area contributed by atoms with E-state index < -0.39 is 0 Å². The lowest BCUT2D eigenvalue weighted by molar-refractivity contribution is 0.350. The van der Waals surface area contributed by atoms with Gasteiger partial charge in [0.2, 0.25) is 0 Å². The topological polar surface area (TPSA) is 9.23 Å². The summed E-state index contributed by atoms with van der Waals surface area (Å²) in [5.74, 6) is 1.06. The molecule has 0 saturated heterocycles. The molecular weight excluding hydrogens is 279 g/mol. The Labute approximate surface area is 126 Å². The molecule has 0 radical (unpaired) electrons. The van der Waals surface area contributed by atoms with Gasteiger partial charge in [-0.05, 0) is 47.9 Å². The van der Waals surface area contributed by atoms with Crippen LogP contribution in [-0.4, -0.2) is 12.0 Å². The normalized spacial score (nSPS) is 16.1. The van der Waals surface area contributed by atoms with Crippen LogP contribution in [0.3, 0.4) is 0 Å². The monoisotopic (exact) mass is 300 g/mol. The first-order valence-electron chi connectivity index (χ1n) is 6.96. The van der Waals surface area contributed by atoms with Gasteiger partial charge < -0.3 is 4.74 Å². The van der Waals surface area contributed by atoms with Gasteiger partial charge >= 0.3 is 0 Å². The minimum Gasteiger partial charge on any atom is -0.493 e. The molecule has 0 N–H and O–H groups in total. The highest BCUT2D eigenvalue weighted by Crippen LogP contribution is 2.34. The van der Waals surface area contributed by atoms with Crippen molar-refractivity contribution in [3.63, 3.8) is 0 Å². The Balaban J connectivity index is 1.97. The Morgan fingerprint density at radius 3 is 2.74 bits per heavy atom. The van der Waals surface area contributed by atoms with Gasteiger partial charge in [-0.1, -0.05) is 32.4 Å². The molecule has 0 aliphatic carbocycles. The van der Waals surface area contributed by atoms with Crippen LogP contribution in [0, 0.1) is 5.41 Å².